The van der Waals surface area contributed by atoms with E-state index in [1.165, 1.54) is 24.8 Å². The second-order valence-electron chi connectivity index (χ2n) is 7.59. The molecular weight excluding hydrogens is 386 g/mol. The van der Waals surface area contributed by atoms with Crippen molar-refractivity contribution in [2.24, 2.45) is 0 Å². The number of amides is 2. The third-order valence-corrected chi connectivity index (χ3v) is 6.33. The zero-order valence-electron chi connectivity index (χ0n) is 17.0. The van der Waals surface area contributed by atoms with Crippen LogP contribution in [0, 0.1) is 0 Å². The van der Waals surface area contributed by atoms with Crippen LogP contribution in [0.5, 0.6) is 5.75 Å². The molecule has 2 atom stereocenters. The van der Waals surface area contributed by atoms with Crippen LogP contribution < -0.4 is 20.7 Å². The minimum atomic E-state index is -0.201. The molecule has 1 aliphatic carbocycles. The maximum absolute atomic E-state index is 12.3. The number of thioether (sulfide) groups is 1. The summed E-state index contributed by atoms with van der Waals surface area (Å²) in [5.41, 5.74) is 2.38. The van der Waals surface area contributed by atoms with Crippen molar-refractivity contribution < 1.29 is 14.3 Å². The third-order valence-electron chi connectivity index (χ3n) is 5.25. The Kier molecular flexibility index (Phi) is 8.43. The highest BCUT2D eigenvalue weighted by Crippen LogP contribution is 2.22. The number of rotatable bonds is 9. The number of hydrogen-bond acceptors (Lipinski definition) is 5. The first kappa shape index (κ1) is 21.7. The Hall–Kier alpha value is -1.99. The van der Waals surface area contributed by atoms with Crippen LogP contribution in [0.15, 0.2) is 35.9 Å². The lowest BCUT2D eigenvalue weighted by Crippen LogP contribution is -2.55. The van der Waals surface area contributed by atoms with Gasteiger partial charge in [-0.1, -0.05) is 23.8 Å². The predicted molar refractivity (Wildman–Crippen MR) is 117 cm³/mol. The van der Waals surface area contributed by atoms with Gasteiger partial charge in [-0.3, -0.25) is 14.9 Å². The smallest absolute Gasteiger partial charge is 0.223 e. The molecule has 1 aromatic rings. The summed E-state index contributed by atoms with van der Waals surface area (Å²) in [4.78, 5) is 24.4. The van der Waals surface area contributed by atoms with Gasteiger partial charge in [-0.05, 0) is 49.8 Å². The van der Waals surface area contributed by atoms with Crippen molar-refractivity contribution in [2.75, 3.05) is 13.7 Å². The number of carbonyl (C=O) groups is 2. The Morgan fingerprint density at radius 3 is 3.03 bits per heavy atom. The summed E-state index contributed by atoms with van der Waals surface area (Å²) in [6.07, 6.45) is 8.76. The van der Waals surface area contributed by atoms with Crippen LogP contribution in [0.4, 0.5) is 0 Å². The van der Waals surface area contributed by atoms with Crippen molar-refractivity contribution in [1.29, 1.82) is 0 Å². The molecule has 3 rings (SSSR count). The molecule has 158 valence electrons. The van der Waals surface area contributed by atoms with E-state index in [2.05, 4.69) is 22.0 Å². The normalized spacial score (nSPS) is 21.8. The van der Waals surface area contributed by atoms with Gasteiger partial charge in [-0.15, -0.1) is 11.8 Å². The molecule has 1 heterocycles. The molecular formula is C22H31N3O3S. The number of allylic oxidation sites excluding steroid dienone is 1. The van der Waals surface area contributed by atoms with Crippen LogP contribution in [0.25, 0.3) is 0 Å². The lowest BCUT2D eigenvalue weighted by Gasteiger charge is -2.31. The number of nitrogens with one attached hydrogen (secondary N) is 3. The molecule has 2 aliphatic rings. The Morgan fingerprint density at radius 2 is 2.24 bits per heavy atom. The van der Waals surface area contributed by atoms with E-state index < -0.39 is 0 Å². The van der Waals surface area contributed by atoms with Crippen molar-refractivity contribution in [3.8, 4) is 5.75 Å². The lowest BCUT2D eigenvalue weighted by molar-refractivity contribution is -0.125. The Balaban J connectivity index is 1.40. The monoisotopic (exact) mass is 417 g/mol. The van der Waals surface area contributed by atoms with Gasteiger partial charge >= 0.3 is 0 Å². The fourth-order valence-corrected chi connectivity index (χ4v) is 4.74. The SMILES string of the molecule is COc1cccc(CSC2NC(=O)CC(CC(=O)NCCC3=CCCCC3)N2)c1. The fourth-order valence-electron chi connectivity index (χ4n) is 3.70. The maximum Gasteiger partial charge on any atom is 0.223 e. The minimum Gasteiger partial charge on any atom is -0.497 e. The number of ether oxygens (including phenoxy) is 1. The van der Waals surface area contributed by atoms with E-state index in [-0.39, 0.29) is 23.4 Å². The Bertz CT molecular complexity index is 738. The van der Waals surface area contributed by atoms with Crippen molar-refractivity contribution in [1.82, 2.24) is 16.0 Å². The molecule has 1 aromatic carbocycles. The molecule has 1 aliphatic heterocycles. The first-order chi connectivity index (χ1) is 14.1. The molecule has 0 radical (unpaired) electrons. The van der Waals surface area contributed by atoms with Crippen molar-refractivity contribution in [3.63, 3.8) is 0 Å². The molecule has 29 heavy (non-hydrogen) atoms. The van der Waals surface area contributed by atoms with Gasteiger partial charge in [0.2, 0.25) is 11.8 Å². The van der Waals surface area contributed by atoms with E-state index in [1.54, 1.807) is 18.9 Å². The minimum absolute atomic E-state index is 0.00477. The molecule has 2 unspecified atom stereocenters. The summed E-state index contributed by atoms with van der Waals surface area (Å²) in [5, 5.41) is 9.33. The molecule has 2 amide bonds. The Morgan fingerprint density at radius 1 is 1.34 bits per heavy atom. The molecule has 1 fully saturated rings. The van der Waals surface area contributed by atoms with Crippen LogP contribution in [0.2, 0.25) is 0 Å². The van der Waals surface area contributed by atoms with Gasteiger partial charge < -0.3 is 15.4 Å². The van der Waals surface area contributed by atoms with E-state index >= 15 is 0 Å². The highest BCUT2D eigenvalue weighted by Gasteiger charge is 2.27. The van der Waals surface area contributed by atoms with Crippen LogP contribution in [0.3, 0.4) is 0 Å². The number of hydrogen-bond donors (Lipinski definition) is 3. The van der Waals surface area contributed by atoms with Crippen LogP contribution in [0.1, 0.15) is 50.5 Å². The summed E-state index contributed by atoms with van der Waals surface area (Å²) >= 11 is 1.60. The van der Waals surface area contributed by atoms with Crippen molar-refractivity contribution >= 4 is 23.6 Å². The largest absolute Gasteiger partial charge is 0.497 e. The molecule has 0 saturated carbocycles. The van der Waals surface area contributed by atoms with Gasteiger partial charge in [0, 0.05) is 31.2 Å². The highest BCUT2D eigenvalue weighted by atomic mass is 32.2. The fraction of sp³-hybridized carbons (Fsp3) is 0.545. The van der Waals surface area contributed by atoms with Gasteiger partial charge in [-0.2, -0.15) is 0 Å². The summed E-state index contributed by atoms with van der Waals surface area (Å²) in [6.45, 7) is 0.678. The zero-order chi connectivity index (χ0) is 20.5. The quantitative estimate of drug-likeness (QED) is 0.538. The van der Waals surface area contributed by atoms with Crippen molar-refractivity contribution in [2.45, 2.75) is 62.2 Å². The molecule has 3 N–H and O–H groups in total. The maximum atomic E-state index is 12.3. The molecule has 0 aromatic heterocycles. The van der Waals surface area contributed by atoms with E-state index in [0.717, 1.165) is 29.9 Å². The van der Waals surface area contributed by atoms with Crippen LogP contribution in [-0.4, -0.2) is 37.0 Å². The van der Waals surface area contributed by atoms with E-state index in [4.69, 9.17) is 4.74 Å². The van der Waals surface area contributed by atoms with Gasteiger partial charge in [0.05, 0.1) is 7.11 Å². The summed E-state index contributed by atoms with van der Waals surface area (Å²) < 4.78 is 5.25. The molecule has 0 spiro atoms. The summed E-state index contributed by atoms with van der Waals surface area (Å²) in [5.74, 6) is 1.55. The molecule has 7 heteroatoms. The number of methoxy groups -OCH3 is 1. The first-order valence-electron chi connectivity index (χ1n) is 10.4. The highest BCUT2D eigenvalue weighted by molar-refractivity contribution is 7.99. The van der Waals surface area contributed by atoms with E-state index in [0.29, 0.717) is 19.4 Å². The summed E-state index contributed by atoms with van der Waals surface area (Å²) in [6, 6.07) is 7.75. The van der Waals surface area contributed by atoms with Crippen molar-refractivity contribution in [3.05, 3.63) is 41.5 Å². The molecule has 6 nitrogen and oxygen atoms in total. The van der Waals surface area contributed by atoms with Crippen LogP contribution in [-0.2, 0) is 15.3 Å². The number of carbonyl (C=O) groups excluding carboxylic acids is 2. The van der Waals surface area contributed by atoms with Gasteiger partial charge in [0.25, 0.3) is 0 Å². The van der Waals surface area contributed by atoms with E-state index in [9.17, 15) is 9.59 Å². The van der Waals surface area contributed by atoms with E-state index in [1.807, 2.05) is 24.3 Å². The standard InChI is InChI=1S/C22H31N3O3S/c1-28-19-9-5-8-17(12-19)15-29-22-24-18(14-21(27)25-22)13-20(26)23-11-10-16-6-3-2-4-7-16/h5-6,8-9,12,18,22,24H,2-4,7,10-11,13-15H2,1H3,(H,23,26)(H,25,27). The lowest BCUT2D eigenvalue weighted by atomic mass is 9.97. The topological polar surface area (TPSA) is 79.5 Å². The van der Waals surface area contributed by atoms with Gasteiger partial charge in [-0.25, -0.2) is 0 Å². The predicted octanol–water partition coefficient (Wildman–Crippen LogP) is 3.09. The molecule has 0 bridgehead atoms. The van der Waals surface area contributed by atoms with Gasteiger partial charge in [0.1, 0.15) is 11.2 Å². The van der Waals surface area contributed by atoms with Crippen LogP contribution >= 0.6 is 11.8 Å². The average molecular weight is 418 g/mol. The molecule has 1 saturated heterocycles. The van der Waals surface area contributed by atoms with Gasteiger partial charge in [0.15, 0.2) is 0 Å². The zero-order valence-corrected chi connectivity index (χ0v) is 17.9. The third kappa shape index (κ3) is 7.40. The summed E-state index contributed by atoms with van der Waals surface area (Å²) in [7, 11) is 1.65. The second kappa shape index (κ2) is 11.3. The second-order valence-corrected chi connectivity index (χ2v) is 8.68. The number of benzene rings is 1. The first-order valence-corrected chi connectivity index (χ1v) is 11.4. The Labute approximate surface area is 177 Å². The average Bonchev–Trinajstić information content (AvgIpc) is 2.73.